The highest BCUT2D eigenvalue weighted by Crippen LogP contribution is 2.41. The zero-order chi connectivity index (χ0) is 27.2. The van der Waals surface area contributed by atoms with Crippen LogP contribution in [-0.4, -0.2) is 23.8 Å². The van der Waals surface area contributed by atoms with Crippen LogP contribution in [0.25, 0.3) is 0 Å². The molecule has 2 aliphatic rings. The molecule has 0 saturated heterocycles. The van der Waals surface area contributed by atoms with Gasteiger partial charge in [0.25, 0.3) is 0 Å². The molecule has 2 aromatic rings. The summed E-state index contributed by atoms with van der Waals surface area (Å²) < 4.78 is 55.0. The van der Waals surface area contributed by atoms with E-state index >= 15 is 0 Å². The lowest BCUT2D eigenvalue weighted by Gasteiger charge is -2.30. The fraction of sp³-hybridized carbons (Fsp3) is 0.516. The summed E-state index contributed by atoms with van der Waals surface area (Å²) in [6.45, 7) is 5.75. The van der Waals surface area contributed by atoms with E-state index in [1.165, 1.54) is 18.2 Å². The number of hydrogen-bond donors (Lipinski definition) is 1. The Kier molecular flexibility index (Phi) is 9.53. The maximum Gasteiger partial charge on any atom is 0.314 e. The highest BCUT2D eigenvalue weighted by molar-refractivity contribution is 5.75. The van der Waals surface area contributed by atoms with E-state index in [1.54, 1.807) is 19.1 Å². The summed E-state index contributed by atoms with van der Waals surface area (Å²) in [6, 6.07) is 7.84. The Labute approximate surface area is 222 Å². The van der Waals surface area contributed by atoms with Crippen LogP contribution in [0.15, 0.2) is 43.0 Å². The normalized spacial score (nSPS) is 24.4. The number of rotatable bonds is 9. The van der Waals surface area contributed by atoms with Crippen LogP contribution >= 0.6 is 0 Å². The van der Waals surface area contributed by atoms with Crippen LogP contribution in [0, 0.1) is 29.3 Å². The molecule has 4 rings (SSSR count). The van der Waals surface area contributed by atoms with Crippen LogP contribution in [0.3, 0.4) is 0 Å². The van der Waals surface area contributed by atoms with Crippen molar-refractivity contribution in [3.05, 3.63) is 71.6 Å². The maximum atomic E-state index is 14.9. The molecule has 2 fully saturated rings. The van der Waals surface area contributed by atoms with Gasteiger partial charge < -0.3 is 14.6 Å². The lowest BCUT2D eigenvalue weighted by atomic mass is 9.77. The SMILES string of the molecule is C=CCCOc1ccc(C2CCC(C(=O)Oc3ccc(C4CCC(C(C)O)CC4)c(F)c3F)CC2)cc1F. The van der Waals surface area contributed by atoms with Crippen molar-refractivity contribution in [1.82, 2.24) is 0 Å². The standard InChI is InChI=1S/C31H37F3O4/c1-3-4-17-37-27-15-13-24(18-26(27)32)21-7-11-23(12-8-21)31(36)38-28-16-14-25(29(33)30(28)34)22-9-5-20(6-10-22)19(2)35/h3,13-16,18-23,35H,1,4-12,17H2,2H3. The monoisotopic (exact) mass is 530 g/mol. The fourth-order valence-electron chi connectivity index (χ4n) is 5.85. The van der Waals surface area contributed by atoms with Gasteiger partial charge in [0.05, 0.1) is 18.6 Å². The number of ether oxygens (including phenoxy) is 2. The highest BCUT2D eigenvalue weighted by atomic mass is 19.2. The number of carbonyl (C=O) groups is 1. The Balaban J connectivity index is 1.31. The third-order valence-electron chi connectivity index (χ3n) is 8.25. The van der Waals surface area contributed by atoms with Crippen molar-refractivity contribution in [2.45, 2.75) is 82.7 Å². The number of benzene rings is 2. The molecular weight excluding hydrogens is 493 g/mol. The van der Waals surface area contributed by atoms with Crippen molar-refractivity contribution in [2.24, 2.45) is 11.8 Å². The van der Waals surface area contributed by atoms with Crippen LogP contribution in [0.1, 0.15) is 87.7 Å². The van der Waals surface area contributed by atoms with Gasteiger partial charge in [0.1, 0.15) is 0 Å². The predicted octanol–water partition coefficient (Wildman–Crippen LogP) is 7.59. The number of halogens is 3. The minimum Gasteiger partial charge on any atom is -0.490 e. The number of aliphatic hydroxyl groups excluding tert-OH is 1. The van der Waals surface area contributed by atoms with Crippen molar-refractivity contribution in [3.63, 3.8) is 0 Å². The predicted molar refractivity (Wildman–Crippen MR) is 140 cm³/mol. The first-order valence-corrected chi connectivity index (χ1v) is 13.7. The van der Waals surface area contributed by atoms with E-state index in [0.717, 1.165) is 18.4 Å². The molecule has 2 aromatic carbocycles. The topological polar surface area (TPSA) is 55.8 Å². The summed E-state index contributed by atoms with van der Waals surface area (Å²) in [5, 5.41) is 9.78. The van der Waals surface area contributed by atoms with Gasteiger partial charge in [-0.25, -0.2) is 8.78 Å². The largest absolute Gasteiger partial charge is 0.490 e. The van der Waals surface area contributed by atoms with E-state index in [-0.39, 0.29) is 29.3 Å². The van der Waals surface area contributed by atoms with Crippen molar-refractivity contribution < 1.29 is 32.5 Å². The quantitative estimate of drug-likeness (QED) is 0.157. The smallest absolute Gasteiger partial charge is 0.314 e. The first kappa shape index (κ1) is 28.2. The molecule has 2 aliphatic carbocycles. The molecule has 0 radical (unpaired) electrons. The number of aliphatic hydroxyl groups is 1. The van der Waals surface area contributed by atoms with Crippen LogP contribution in [0.5, 0.6) is 11.5 Å². The van der Waals surface area contributed by atoms with Crippen molar-refractivity contribution in [3.8, 4) is 11.5 Å². The first-order chi connectivity index (χ1) is 18.3. The number of esters is 1. The molecule has 4 nitrogen and oxygen atoms in total. The molecule has 0 amide bonds. The highest BCUT2D eigenvalue weighted by Gasteiger charge is 2.31. The summed E-state index contributed by atoms with van der Waals surface area (Å²) in [7, 11) is 0. The molecule has 0 spiro atoms. The average Bonchev–Trinajstić information content (AvgIpc) is 2.92. The summed E-state index contributed by atoms with van der Waals surface area (Å²) in [5.74, 6) is -3.48. The lowest BCUT2D eigenvalue weighted by molar-refractivity contribution is -0.140. The maximum absolute atomic E-state index is 14.9. The Hall–Kier alpha value is -2.80. The molecule has 38 heavy (non-hydrogen) atoms. The van der Waals surface area contributed by atoms with Crippen LogP contribution < -0.4 is 9.47 Å². The summed E-state index contributed by atoms with van der Waals surface area (Å²) in [6.07, 6.45) is 7.23. The molecule has 206 valence electrons. The molecule has 0 bridgehead atoms. The van der Waals surface area contributed by atoms with E-state index in [9.17, 15) is 23.1 Å². The molecule has 2 saturated carbocycles. The van der Waals surface area contributed by atoms with Gasteiger partial charge in [-0.2, -0.15) is 4.39 Å². The van der Waals surface area contributed by atoms with Crippen molar-refractivity contribution in [1.29, 1.82) is 0 Å². The van der Waals surface area contributed by atoms with Gasteiger partial charge in [-0.05, 0) is 112 Å². The van der Waals surface area contributed by atoms with E-state index in [0.29, 0.717) is 57.1 Å². The lowest BCUT2D eigenvalue weighted by Crippen LogP contribution is -2.26. The molecule has 1 N–H and O–H groups in total. The minimum absolute atomic E-state index is 0.105. The molecule has 0 aliphatic heterocycles. The first-order valence-electron chi connectivity index (χ1n) is 13.7. The van der Waals surface area contributed by atoms with E-state index in [1.807, 2.05) is 6.07 Å². The summed E-state index contributed by atoms with van der Waals surface area (Å²) >= 11 is 0. The zero-order valence-corrected chi connectivity index (χ0v) is 21.9. The van der Waals surface area contributed by atoms with Gasteiger partial charge in [0.15, 0.2) is 23.1 Å². The number of carbonyl (C=O) groups excluding carboxylic acids is 1. The molecule has 1 atom stereocenters. The van der Waals surface area contributed by atoms with Gasteiger partial charge >= 0.3 is 5.97 Å². The molecular formula is C31H37F3O4. The molecule has 0 aromatic heterocycles. The van der Waals surface area contributed by atoms with Crippen molar-refractivity contribution >= 4 is 5.97 Å². The van der Waals surface area contributed by atoms with E-state index < -0.39 is 35.4 Å². The molecule has 0 heterocycles. The second-order valence-electron chi connectivity index (χ2n) is 10.7. The van der Waals surface area contributed by atoms with Crippen LogP contribution in [0.2, 0.25) is 0 Å². The van der Waals surface area contributed by atoms with E-state index in [4.69, 9.17) is 9.47 Å². The second-order valence-corrected chi connectivity index (χ2v) is 10.7. The minimum atomic E-state index is -1.13. The summed E-state index contributed by atoms with van der Waals surface area (Å²) in [4.78, 5) is 12.8. The molecule has 7 heteroatoms. The van der Waals surface area contributed by atoms with Gasteiger partial charge in [0.2, 0.25) is 5.82 Å². The number of hydrogen-bond acceptors (Lipinski definition) is 4. The van der Waals surface area contributed by atoms with Crippen molar-refractivity contribution in [2.75, 3.05) is 6.61 Å². The third kappa shape index (κ3) is 6.60. The van der Waals surface area contributed by atoms with Crippen LogP contribution in [-0.2, 0) is 4.79 Å². The van der Waals surface area contributed by atoms with Gasteiger partial charge in [-0.15, -0.1) is 6.58 Å². The Bertz CT molecular complexity index is 1120. The third-order valence-corrected chi connectivity index (χ3v) is 8.25. The van der Waals surface area contributed by atoms with Gasteiger partial charge in [-0.1, -0.05) is 18.2 Å². The Morgan fingerprint density at radius 3 is 2.26 bits per heavy atom. The van der Waals surface area contributed by atoms with Gasteiger partial charge in [0, 0.05) is 0 Å². The zero-order valence-electron chi connectivity index (χ0n) is 21.9. The Morgan fingerprint density at radius 2 is 1.63 bits per heavy atom. The van der Waals surface area contributed by atoms with Gasteiger partial charge in [-0.3, -0.25) is 4.79 Å². The van der Waals surface area contributed by atoms with Crippen LogP contribution in [0.4, 0.5) is 13.2 Å². The second kappa shape index (κ2) is 12.8. The average molecular weight is 531 g/mol. The van der Waals surface area contributed by atoms with E-state index in [2.05, 4.69) is 6.58 Å². The fourth-order valence-corrected chi connectivity index (χ4v) is 5.85. The molecule has 1 unspecified atom stereocenters. The Morgan fingerprint density at radius 1 is 0.974 bits per heavy atom. The summed E-state index contributed by atoms with van der Waals surface area (Å²) in [5.41, 5.74) is 1.16.